The normalized spacial score (nSPS) is 15.7. The van der Waals surface area contributed by atoms with E-state index in [1.807, 2.05) is 49.4 Å². The maximum absolute atomic E-state index is 12.2. The number of para-hydroxylation sites is 1. The quantitative estimate of drug-likeness (QED) is 0.865. The number of benzene rings is 1. The molecule has 2 heterocycles. The molecule has 6 heteroatoms. The summed E-state index contributed by atoms with van der Waals surface area (Å²) in [6, 6.07) is 13.5. The van der Waals surface area contributed by atoms with Crippen molar-refractivity contribution in [3.8, 4) is 0 Å². The van der Waals surface area contributed by atoms with Crippen LogP contribution >= 0.6 is 11.3 Å². The van der Waals surface area contributed by atoms with Crippen LogP contribution in [0.25, 0.3) is 0 Å². The monoisotopic (exact) mass is 357 g/mol. The first kappa shape index (κ1) is 17.6. The van der Waals surface area contributed by atoms with Crippen LogP contribution in [0.3, 0.4) is 0 Å². The van der Waals surface area contributed by atoms with E-state index in [4.69, 9.17) is 0 Å². The van der Waals surface area contributed by atoms with Crippen LogP contribution < -0.4 is 10.6 Å². The van der Waals surface area contributed by atoms with E-state index in [-0.39, 0.29) is 17.9 Å². The molecule has 5 nitrogen and oxygen atoms in total. The lowest BCUT2D eigenvalue weighted by molar-refractivity contribution is -0.117. The summed E-state index contributed by atoms with van der Waals surface area (Å²) in [6.07, 6.45) is 1.74. The SMILES string of the molecule is Cc1ccc(C(=O)NC2CCN(CC(=O)Nc3ccccc3)CC2)s1. The third-order valence-corrected chi connectivity index (χ3v) is 5.31. The third kappa shape index (κ3) is 5.14. The van der Waals surface area contributed by atoms with Gasteiger partial charge in [-0.25, -0.2) is 0 Å². The highest BCUT2D eigenvalue weighted by Gasteiger charge is 2.22. The Morgan fingerprint density at radius 3 is 2.48 bits per heavy atom. The number of hydrogen-bond donors (Lipinski definition) is 2. The van der Waals surface area contributed by atoms with Gasteiger partial charge >= 0.3 is 0 Å². The first-order valence-electron chi connectivity index (χ1n) is 8.55. The van der Waals surface area contributed by atoms with Gasteiger partial charge in [-0.05, 0) is 44.0 Å². The predicted octanol–water partition coefficient (Wildman–Crippen LogP) is 2.89. The Balaban J connectivity index is 1.41. The topological polar surface area (TPSA) is 61.4 Å². The molecule has 1 aliphatic rings. The number of carbonyl (C=O) groups is 2. The van der Waals surface area contributed by atoms with Crippen molar-refractivity contribution >= 4 is 28.8 Å². The molecule has 0 unspecified atom stereocenters. The minimum atomic E-state index is 0.00254. The zero-order valence-corrected chi connectivity index (χ0v) is 15.1. The molecule has 2 aromatic rings. The van der Waals surface area contributed by atoms with E-state index < -0.39 is 0 Å². The number of anilines is 1. The minimum absolute atomic E-state index is 0.00254. The van der Waals surface area contributed by atoms with Gasteiger partial charge in [0.1, 0.15) is 0 Å². The maximum atomic E-state index is 12.2. The summed E-state index contributed by atoms with van der Waals surface area (Å²) in [6.45, 7) is 4.02. The molecule has 1 saturated heterocycles. The second-order valence-electron chi connectivity index (χ2n) is 6.35. The van der Waals surface area contributed by atoms with E-state index in [2.05, 4.69) is 15.5 Å². The van der Waals surface area contributed by atoms with Crippen molar-refractivity contribution in [2.24, 2.45) is 0 Å². The molecule has 1 aromatic carbocycles. The van der Waals surface area contributed by atoms with Gasteiger partial charge in [0.15, 0.2) is 0 Å². The fourth-order valence-corrected chi connectivity index (χ4v) is 3.74. The second-order valence-corrected chi connectivity index (χ2v) is 7.64. The van der Waals surface area contributed by atoms with Crippen LogP contribution in [0.4, 0.5) is 5.69 Å². The molecule has 0 spiro atoms. The smallest absolute Gasteiger partial charge is 0.261 e. The average Bonchev–Trinajstić information content (AvgIpc) is 3.04. The van der Waals surface area contributed by atoms with Gasteiger partial charge in [-0.1, -0.05) is 18.2 Å². The summed E-state index contributed by atoms with van der Waals surface area (Å²) in [5.41, 5.74) is 0.820. The summed E-state index contributed by atoms with van der Waals surface area (Å²) < 4.78 is 0. The fourth-order valence-electron chi connectivity index (χ4n) is 2.97. The van der Waals surface area contributed by atoms with Crippen LogP contribution in [-0.4, -0.2) is 42.4 Å². The number of nitrogens with zero attached hydrogens (tertiary/aromatic N) is 1. The number of nitrogens with one attached hydrogen (secondary N) is 2. The van der Waals surface area contributed by atoms with Crippen molar-refractivity contribution in [2.75, 3.05) is 25.0 Å². The largest absolute Gasteiger partial charge is 0.349 e. The number of amides is 2. The van der Waals surface area contributed by atoms with E-state index >= 15 is 0 Å². The van der Waals surface area contributed by atoms with Crippen molar-refractivity contribution in [1.82, 2.24) is 10.2 Å². The Labute approximate surface area is 152 Å². The number of carbonyl (C=O) groups excluding carboxylic acids is 2. The van der Waals surface area contributed by atoms with Crippen molar-refractivity contribution in [3.63, 3.8) is 0 Å². The zero-order valence-electron chi connectivity index (χ0n) is 14.3. The molecule has 0 saturated carbocycles. The van der Waals surface area contributed by atoms with Gasteiger partial charge in [0.25, 0.3) is 5.91 Å². The minimum Gasteiger partial charge on any atom is -0.349 e. The molecule has 1 fully saturated rings. The molecular formula is C19H23N3O2S. The molecule has 0 aliphatic carbocycles. The Morgan fingerprint density at radius 2 is 1.84 bits per heavy atom. The molecule has 2 amide bonds. The van der Waals surface area contributed by atoms with E-state index in [9.17, 15) is 9.59 Å². The van der Waals surface area contributed by atoms with E-state index in [1.165, 1.54) is 11.3 Å². The first-order valence-corrected chi connectivity index (χ1v) is 9.36. The van der Waals surface area contributed by atoms with Crippen LogP contribution in [0.15, 0.2) is 42.5 Å². The van der Waals surface area contributed by atoms with Crippen LogP contribution in [0.2, 0.25) is 0 Å². The van der Waals surface area contributed by atoms with Gasteiger partial charge in [0.2, 0.25) is 5.91 Å². The third-order valence-electron chi connectivity index (χ3n) is 4.31. The summed E-state index contributed by atoms with van der Waals surface area (Å²) in [4.78, 5) is 28.4. The highest BCUT2D eigenvalue weighted by molar-refractivity contribution is 7.13. The fraction of sp³-hybridized carbons (Fsp3) is 0.368. The van der Waals surface area contributed by atoms with Crippen LogP contribution in [0.1, 0.15) is 27.4 Å². The zero-order chi connectivity index (χ0) is 17.6. The molecule has 0 radical (unpaired) electrons. The van der Waals surface area contributed by atoms with Gasteiger partial charge in [0, 0.05) is 29.7 Å². The lowest BCUT2D eigenvalue weighted by Crippen LogP contribution is -2.46. The lowest BCUT2D eigenvalue weighted by atomic mass is 10.0. The number of thiophene rings is 1. The molecule has 3 rings (SSSR count). The summed E-state index contributed by atoms with van der Waals surface area (Å²) in [5.74, 6) is 0.0149. The average molecular weight is 357 g/mol. The molecule has 0 bridgehead atoms. The Hall–Kier alpha value is -2.18. The Bertz CT molecular complexity index is 721. The highest BCUT2D eigenvalue weighted by atomic mass is 32.1. The molecule has 1 aliphatic heterocycles. The van der Waals surface area contributed by atoms with Crippen molar-refractivity contribution < 1.29 is 9.59 Å². The Kier molecular flexibility index (Phi) is 5.83. The number of hydrogen-bond acceptors (Lipinski definition) is 4. The van der Waals surface area contributed by atoms with E-state index in [1.54, 1.807) is 0 Å². The molecule has 132 valence electrons. The lowest BCUT2D eigenvalue weighted by Gasteiger charge is -2.31. The van der Waals surface area contributed by atoms with E-state index in [0.29, 0.717) is 6.54 Å². The van der Waals surface area contributed by atoms with Crippen LogP contribution in [-0.2, 0) is 4.79 Å². The number of rotatable bonds is 5. The van der Waals surface area contributed by atoms with Gasteiger partial charge in [-0.15, -0.1) is 11.3 Å². The van der Waals surface area contributed by atoms with Gasteiger partial charge < -0.3 is 10.6 Å². The summed E-state index contributed by atoms with van der Waals surface area (Å²) >= 11 is 1.52. The molecule has 25 heavy (non-hydrogen) atoms. The van der Waals surface area contributed by atoms with Crippen LogP contribution in [0.5, 0.6) is 0 Å². The number of likely N-dealkylation sites (tertiary alicyclic amines) is 1. The molecule has 1 aromatic heterocycles. The van der Waals surface area contributed by atoms with Crippen molar-refractivity contribution in [1.29, 1.82) is 0 Å². The summed E-state index contributed by atoms with van der Waals surface area (Å²) in [5, 5.41) is 6.01. The maximum Gasteiger partial charge on any atom is 0.261 e. The van der Waals surface area contributed by atoms with Crippen LogP contribution in [0, 0.1) is 6.92 Å². The van der Waals surface area contributed by atoms with E-state index in [0.717, 1.165) is 41.4 Å². The van der Waals surface area contributed by atoms with Gasteiger partial charge in [-0.3, -0.25) is 14.5 Å². The van der Waals surface area contributed by atoms with Gasteiger partial charge in [0.05, 0.1) is 11.4 Å². The van der Waals surface area contributed by atoms with Gasteiger partial charge in [-0.2, -0.15) is 0 Å². The standard InChI is InChI=1S/C19H23N3O2S/c1-14-7-8-17(25-14)19(24)21-16-9-11-22(12-10-16)13-18(23)20-15-5-3-2-4-6-15/h2-8,16H,9-13H2,1H3,(H,20,23)(H,21,24). The molecule has 2 N–H and O–H groups in total. The number of piperidine rings is 1. The van der Waals surface area contributed by atoms with Crippen molar-refractivity contribution in [2.45, 2.75) is 25.8 Å². The molecular weight excluding hydrogens is 334 g/mol. The summed E-state index contributed by atoms with van der Waals surface area (Å²) in [7, 11) is 0. The van der Waals surface area contributed by atoms with Crippen molar-refractivity contribution in [3.05, 3.63) is 52.2 Å². The second kappa shape index (κ2) is 8.27. The first-order chi connectivity index (χ1) is 12.1. The predicted molar refractivity (Wildman–Crippen MR) is 101 cm³/mol. The molecule has 0 atom stereocenters. The highest BCUT2D eigenvalue weighted by Crippen LogP contribution is 2.17. The Morgan fingerprint density at radius 1 is 1.12 bits per heavy atom. The number of aryl methyl sites for hydroxylation is 1.